The van der Waals surface area contributed by atoms with E-state index < -0.39 is 9.84 Å². The van der Waals surface area contributed by atoms with Crippen molar-refractivity contribution in [1.29, 1.82) is 0 Å². The highest BCUT2D eigenvalue weighted by Gasteiger charge is 2.28. The summed E-state index contributed by atoms with van der Waals surface area (Å²) < 4.78 is 34.9. The van der Waals surface area contributed by atoms with E-state index in [4.69, 9.17) is 15.2 Å². The van der Waals surface area contributed by atoms with E-state index in [-0.39, 0.29) is 11.5 Å². The Kier molecular flexibility index (Phi) is 3.54. The molecular formula is C16H15NO4S. The van der Waals surface area contributed by atoms with Gasteiger partial charge in [-0.05, 0) is 36.4 Å². The van der Waals surface area contributed by atoms with Crippen molar-refractivity contribution in [2.75, 3.05) is 19.5 Å². The van der Waals surface area contributed by atoms with E-state index in [1.165, 1.54) is 5.41 Å². The van der Waals surface area contributed by atoms with Crippen LogP contribution in [0.2, 0.25) is 0 Å². The summed E-state index contributed by atoms with van der Waals surface area (Å²) >= 11 is 0. The molecule has 2 aromatic carbocycles. The van der Waals surface area contributed by atoms with Gasteiger partial charge in [0.15, 0.2) is 0 Å². The van der Waals surface area contributed by atoms with Gasteiger partial charge in [-0.25, -0.2) is 8.42 Å². The van der Waals surface area contributed by atoms with E-state index in [2.05, 4.69) is 0 Å². The van der Waals surface area contributed by atoms with Crippen molar-refractivity contribution in [3.05, 3.63) is 53.4 Å². The average Bonchev–Trinajstić information content (AvgIpc) is 2.78. The quantitative estimate of drug-likeness (QED) is 0.877. The number of sulfone groups is 1. The third-order valence-electron chi connectivity index (χ3n) is 3.44. The Balaban J connectivity index is 1.85. The van der Waals surface area contributed by atoms with Gasteiger partial charge < -0.3 is 15.2 Å². The highest BCUT2D eigenvalue weighted by atomic mass is 32.2. The normalized spacial score (nSPS) is 15.0. The van der Waals surface area contributed by atoms with Gasteiger partial charge in [0.05, 0.1) is 12.0 Å². The van der Waals surface area contributed by atoms with Gasteiger partial charge in [-0.3, -0.25) is 0 Å². The zero-order chi connectivity index (χ0) is 15.7. The molecule has 2 aromatic rings. The van der Waals surface area contributed by atoms with E-state index in [1.807, 2.05) is 0 Å². The average molecular weight is 317 g/mol. The predicted octanol–water partition coefficient (Wildman–Crippen LogP) is 2.48. The highest BCUT2D eigenvalue weighted by molar-refractivity contribution is 7.95. The lowest BCUT2D eigenvalue weighted by Crippen LogP contribution is -2.02. The number of fused-ring (bicyclic) bond motifs is 1. The summed E-state index contributed by atoms with van der Waals surface area (Å²) in [6, 6.07) is 11.9. The molecule has 6 heteroatoms. The Morgan fingerprint density at radius 3 is 2.41 bits per heavy atom. The number of rotatable bonds is 4. The van der Waals surface area contributed by atoms with Crippen LogP contribution in [0.1, 0.15) is 5.56 Å². The lowest BCUT2D eigenvalue weighted by molar-refractivity contribution is 0.367. The van der Waals surface area contributed by atoms with E-state index in [9.17, 15) is 8.42 Å². The second kappa shape index (κ2) is 5.38. The molecule has 0 spiro atoms. The van der Waals surface area contributed by atoms with Crippen molar-refractivity contribution in [3.8, 4) is 11.5 Å². The number of hydrogen-bond acceptors (Lipinski definition) is 5. The van der Waals surface area contributed by atoms with Crippen LogP contribution in [0.3, 0.4) is 0 Å². The lowest BCUT2D eigenvalue weighted by atomic mass is 10.1. The second-order valence-corrected chi connectivity index (χ2v) is 6.64. The van der Waals surface area contributed by atoms with Crippen molar-refractivity contribution in [2.24, 2.45) is 0 Å². The van der Waals surface area contributed by atoms with Crippen LogP contribution in [0.25, 0.3) is 5.57 Å². The third-order valence-corrected chi connectivity index (χ3v) is 4.99. The van der Waals surface area contributed by atoms with Crippen LogP contribution in [-0.4, -0.2) is 22.1 Å². The Labute approximate surface area is 128 Å². The van der Waals surface area contributed by atoms with E-state index in [0.29, 0.717) is 22.6 Å². The van der Waals surface area contributed by atoms with Crippen LogP contribution in [0.15, 0.2) is 52.8 Å². The van der Waals surface area contributed by atoms with Crippen LogP contribution in [0, 0.1) is 0 Å². The fraction of sp³-hybridized carbons (Fsp3) is 0.125. The van der Waals surface area contributed by atoms with Crippen LogP contribution < -0.4 is 15.2 Å². The smallest absolute Gasteiger partial charge is 0.200 e. The third kappa shape index (κ3) is 2.53. The molecule has 3 rings (SSSR count). The Hall–Kier alpha value is -2.47. The Morgan fingerprint density at radius 1 is 1.05 bits per heavy atom. The number of benzene rings is 2. The first-order valence-corrected chi connectivity index (χ1v) is 8.17. The SMILES string of the molecule is COc1ccc(OCC2=CS(=O)(=O)c3cccc(N)c32)cc1. The molecule has 0 radical (unpaired) electrons. The maximum absolute atomic E-state index is 12.1. The topological polar surface area (TPSA) is 78.6 Å². The fourth-order valence-electron chi connectivity index (χ4n) is 2.38. The summed E-state index contributed by atoms with van der Waals surface area (Å²) in [5.74, 6) is 1.35. The van der Waals surface area contributed by atoms with Crippen molar-refractivity contribution in [2.45, 2.75) is 4.90 Å². The minimum absolute atomic E-state index is 0.132. The van der Waals surface area contributed by atoms with Crippen molar-refractivity contribution < 1.29 is 17.9 Å². The summed E-state index contributed by atoms with van der Waals surface area (Å²) in [4.78, 5) is 0.237. The van der Waals surface area contributed by atoms with Crippen LogP contribution >= 0.6 is 0 Å². The van der Waals surface area contributed by atoms with Gasteiger partial charge in [-0.15, -0.1) is 0 Å². The molecule has 0 atom stereocenters. The Bertz CT molecular complexity index is 839. The number of hydrogen-bond donors (Lipinski definition) is 1. The summed E-state index contributed by atoms with van der Waals surface area (Å²) in [5.41, 5.74) is 7.44. The van der Waals surface area contributed by atoms with Gasteiger partial charge in [-0.1, -0.05) is 6.07 Å². The number of nitrogen functional groups attached to an aromatic ring is 1. The summed E-state index contributed by atoms with van der Waals surface area (Å²) in [6.07, 6.45) is 0. The molecule has 0 saturated heterocycles. The molecule has 22 heavy (non-hydrogen) atoms. The minimum Gasteiger partial charge on any atom is -0.497 e. The monoisotopic (exact) mass is 317 g/mol. The van der Waals surface area contributed by atoms with Crippen molar-refractivity contribution in [1.82, 2.24) is 0 Å². The van der Waals surface area contributed by atoms with E-state index >= 15 is 0 Å². The molecule has 2 N–H and O–H groups in total. The molecule has 1 aliphatic rings. The fourth-order valence-corrected chi connectivity index (χ4v) is 3.87. The maximum Gasteiger partial charge on any atom is 0.200 e. The van der Waals surface area contributed by atoms with Gasteiger partial charge in [0.2, 0.25) is 9.84 Å². The molecule has 0 fully saturated rings. The lowest BCUT2D eigenvalue weighted by Gasteiger charge is -2.10. The summed E-state index contributed by atoms with van der Waals surface area (Å²) in [5, 5.41) is 1.22. The Morgan fingerprint density at radius 2 is 1.73 bits per heavy atom. The number of methoxy groups -OCH3 is 1. The van der Waals surface area contributed by atoms with Gasteiger partial charge in [0.25, 0.3) is 0 Å². The molecule has 5 nitrogen and oxygen atoms in total. The molecule has 0 unspecified atom stereocenters. The molecule has 0 aromatic heterocycles. The maximum atomic E-state index is 12.1. The molecule has 0 saturated carbocycles. The van der Waals surface area contributed by atoms with Crippen LogP contribution in [0.5, 0.6) is 11.5 Å². The first-order valence-electron chi connectivity index (χ1n) is 6.62. The zero-order valence-electron chi connectivity index (χ0n) is 11.9. The van der Waals surface area contributed by atoms with Gasteiger partial charge in [0.1, 0.15) is 18.1 Å². The van der Waals surface area contributed by atoms with Gasteiger partial charge >= 0.3 is 0 Å². The van der Waals surface area contributed by atoms with E-state index in [0.717, 1.165) is 5.75 Å². The van der Waals surface area contributed by atoms with Gasteiger partial charge in [0, 0.05) is 22.2 Å². The van der Waals surface area contributed by atoms with Crippen molar-refractivity contribution in [3.63, 3.8) is 0 Å². The summed E-state index contributed by atoms with van der Waals surface area (Å²) in [6.45, 7) is 0.132. The summed E-state index contributed by atoms with van der Waals surface area (Å²) in [7, 11) is -1.85. The molecule has 1 aliphatic heterocycles. The highest BCUT2D eigenvalue weighted by Crippen LogP contribution is 2.37. The molecule has 0 bridgehead atoms. The first kappa shape index (κ1) is 14.5. The largest absolute Gasteiger partial charge is 0.497 e. The van der Waals surface area contributed by atoms with Gasteiger partial charge in [-0.2, -0.15) is 0 Å². The molecule has 114 valence electrons. The van der Waals surface area contributed by atoms with Crippen LogP contribution in [0.4, 0.5) is 5.69 Å². The molecule has 0 amide bonds. The van der Waals surface area contributed by atoms with Crippen LogP contribution in [-0.2, 0) is 9.84 Å². The molecular weight excluding hydrogens is 302 g/mol. The van der Waals surface area contributed by atoms with Crippen molar-refractivity contribution >= 4 is 21.1 Å². The van der Waals surface area contributed by atoms with E-state index in [1.54, 1.807) is 49.6 Å². The molecule has 0 aliphatic carbocycles. The predicted molar refractivity (Wildman–Crippen MR) is 84.5 cm³/mol. The molecule has 1 heterocycles. The number of ether oxygens (including phenoxy) is 2. The minimum atomic E-state index is -3.43. The zero-order valence-corrected chi connectivity index (χ0v) is 12.8. The first-order chi connectivity index (χ1) is 10.5. The number of nitrogens with two attached hydrogens (primary N) is 1. The second-order valence-electron chi connectivity index (χ2n) is 4.87. The number of anilines is 1. The standard InChI is InChI=1S/C16H15NO4S/c1-20-12-5-7-13(8-6-12)21-9-11-10-22(18,19)15-4-2-3-14(17)16(11)15/h2-8,10H,9,17H2,1H3.